The van der Waals surface area contributed by atoms with Crippen molar-refractivity contribution in [1.29, 1.82) is 0 Å². The zero-order valence-corrected chi connectivity index (χ0v) is 11.1. The van der Waals surface area contributed by atoms with Crippen LogP contribution in [0.15, 0.2) is 22.9 Å². The molecule has 0 spiro atoms. The zero-order chi connectivity index (χ0) is 13.3. The van der Waals surface area contributed by atoms with Gasteiger partial charge in [-0.25, -0.2) is 0 Å². The summed E-state index contributed by atoms with van der Waals surface area (Å²) < 4.78 is 5.34. The topological polar surface area (TPSA) is 77.8 Å². The van der Waals surface area contributed by atoms with Gasteiger partial charge in [0.2, 0.25) is 11.7 Å². The lowest BCUT2D eigenvalue weighted by atomic mass is 9.67. The lowest BCUT2D eigenvalue weighted by molar-refractivity contribution is 0.129. The first-order valence-corrected chi connectivity index (χ1v) is 6.66. The number of aryl methyl sites for hydroxylation is 1. The third-order valence-corrected chi connectivity index (χ3v) is 3.99. The van der Waals surface area contributed by atoms with Gasteiger partial charge in [-0.3, -0.25) is 4.98 Å². The van der Waals surface area contributed by atoms with Crippen LogP contribution < -0.4 is 5.73 Å². The quantitative estimate of drug-likeness (QED) is 0.908. The highest BCUT2D eigenvalue weighted by molar-refractivity contribution is 5.48. The van der Waals surface area contributed by atoms with Gasteiger partial charge in [-0.05, 0) is 49.4 Å². The van der Waals surface area contributed by atoms with Crippen LogP contribution in [0.1, 0.15) is 30.7 Å². The summed E-state index contributed by atoms with van der Waals surface area (Å²) in [6, 6.07) is 3.90. The molecule has 0 bridgehead atoms. The van der Waals surface area contributed by atoms with E-state index >= 15 is 0 Å². The fourth-order valence-electron chi connectivity index (χ4n) is 2.54. The minimum absolute atomic E-state index is 0.184. The summed E-state index contributed by atoms with van der Waals surface area (Å²) in [5.41, 5.74) is 7.92. The Morgan fingerprint density at radius 1 is 1.42 bits per heavy atom. The molecule has 2 aromatic heterocycles. The lowest BCUT2D eigenvalue weighted by Crippen LogP contribution is -2.39. The first-order chi connectivity index (χ1) is 9.21. The van der Waals surface area contributed by atoms with E-state index in [-0.39, 0.29) is 5.41 Å². The van der Waals surface area contributed by atoms with Crippen LogP contribution in [0.3, 0.4) is 0 Å². The van der Waals surface area contributed by atoms with E-state index in [2.05, 4.69) is 15.1 Å². The van der Waals surface area contributed by atoms with E-state index in [1.54, 1.807) is 6.20 Å². The molecule has 1 saturated carbocycles. The van der Waals surface area contributed by atoms with E-state index in [0.717, 1.165) is 30.5 Å². The van der Waals surface area contributed by atoms with Gasteiger partial charge in [0, 0.05) is 12.6 Å². The molecule has 2 heterocycles. The number of nitrogens with zero attached hydrogens (tertiary/aromatic N) is 3. The molecule has 5 nitrogen and oxygen atoms in total. The Bertz CT molecular complexity index is 569. The molecule has 2 N–H and O–H groups in total. The smallest absolute Gasteiger partial charge is 0.227 e. The van der Waals surface area contributed by atoms with E-state index in [9.17, 15) is 0 Å². The van der Waals surface area contributed by atoms with Gasteiger partial charge in [-0.15, -0.1) is 0 Å². The van der Waals surface area contributed by atoms with Gasteiger partial charge in [0.1, 0.15) is 5.69 Å². The summed E-state index contributed by atoms with van der Waals surface area (Å²) in [5, 5.41) is 4.01. The Balaban J connectivity index is 1.80. The number of pyridine rings is 1. The average Bonchev–Trinajstić information content (AvgIpc) is 2.82. The standard InChI is InChI=1S/C14H18N4O/c1-10-3-6-16-11(7-10)13-17-12(19-18-13)8-14(9-15)4-2-5-14/h3,6-7H,2,4-5,8-9,15H2,1H3. The van der Waals surface area contributed by atoms with Crippen LogP contribution >= 0.6 is 0 Å². The molecule has 0 unspecified atom stereocenters. The third kappa shape index (κ3) is 2.38. The molecule has 100 valence electrons. The SMILES string of the molecule is Cc1ccnc(-c2noc(CC3(CN)CCC3)n2)c1. The lowest BCUT2D eigenvalue weighted by Gasteiger charge is -2.39. The van der Waals surface area contributed by atoms with Gasteiger partial charge in [0.25, 0.3) is 0 Å². The molecule has 0 radical (unpaired) electrons. The number of rotatable bonds is 4. The monoisotopic (exact) mass is 258 g/mol. The van der Waals surface area contributed by atoms with Crippen molar-refractivity contribution in [2.75, 3.05) is 6.54 Å². The Labute approximate surface area is 112 Å². The zero-order valence-electron chi connectivity index (χ0n) is 11.1. The highest BCUT2D eigenvalue weighted by Gasteiger charge is 2.37. The molecule has 2 aromatic rings. The van der Waals surface area contributed by atoms with Gasteiger partial charge < -0.3 is 10.3 Å². The normalized spacial score (nSPS) is 17.2. The summed E-state index contributed by atoms with van der Waals surface area (Å²) in [4.78, 5) is 8.70. The molecule has 0 atom stereocenters. The summed E-state index contributed by atoms with van der Waals surface area (Å²) in [7, 11) is 0. The highest BCUT2D eigenvalue weighted by atomic mass is 16.5. The Kier molecular flexibility index (Phi) is 3.06. The molecule has 0 saturated heterocycles. The molecule has 0 aliphatic heterocycles. The molecule has 5 heteroatoms. The minimum atomic E-state index is 0.184. The van der Waals surface area contributed by atoms with E-state index in [4.69, 9.17) is 10.3 Å². The van der Waals surface area contributed by atoms with Crippen LogP contribution in [0, 0.1) is 12.3 Å². The van der Waals surface area contributed by atoms with Crippen molar-refractivity contribution in [3.63, 3.8) is 0 Å². The van der Waals surface area contributed by atoms with Gasteiger partial charge in [0.15, 0.2) is 0 Å². The molecule has 19 heavy (non-hydrogen) atoms. The molecular formula is C14H18N4O. The summed E-state index contributed by atoms with van der Waals surface area (Å²) in [5.74, 6) is 1.23. The number of hydrogen-bond acceptors (Lipinski definition) is 5. The molecule has 3 rings (SSSR count). The Morgan fingerprint density at radius 2 is 2.26 bits per heavy atom. The maximum absolute atomic E-state index is 5.85. The van der Waals surface area contributed by atoms with Crippen molar-refractivity contribution in [2.24, 2.45) is 11.1 Å². The van der Waals surface area contributed by atoms with E-state index in [1.165, 1.54) is 6.42 Å². The van der Waals surface area contributed by atoms with Gasteiger partial charge in [0.05, 0.1) is 0 Å². The van der Waals surface area contributed by atoms with Crippen LogP contribution in [-0.2, 0) is 6.42 Å². The van der Waals surface area contributed by atoms with E-state index in [0.29, 0.717) is 18.3 Å². The van der Waals surface area contributed by atoms with Gasteiger partial charge >= 0.3 is 0 Å². The predicted octanol–water partition coefficient (Wildman–Crippen LogP) is 2.11. The Morgan fingerprint density at radius 3 is 2.89 bits per heavy atom. The second-order valence-electron chi connectivity index (χ2n) is 5.46. The van der Waals surface area contributed by atoms with E-state index in [1.807, 2.05) is 19.1 Å². The molecule has 0 aromatic carbocycles. The van der Waals surface area contributed by atoms with Crippen molar-refractivity contribution < 1.29 is 4.52 Å². The minimum Gasteiger partial charge on any atom is -0.339 e. The van der Waals surface area contributed by atoms with Crippen molar-refractivity contribution in [2.45, 2.75) is 32.6 Å². The highest BCUT2D eigenvalue weighted by Crippen LogP contribution is 2.42. The summed E-state index contributed by atoms with van der Waals surface area (Å²) >= 11 is 0. The van der Waals surface area contributed by atoms with Gasteiger partial charge in [-0.2, -0.15) is 4.98 Å². The van der Waals surface area contributed by atoms with Crippen LogP contribution in [-0.4, -0.2) is 21.7 Å². The molecular weight excluding hydrogens is 240 g/mol. The fourth-order valence-corrected chi connectivity index (χ4v) is 2.54. The maximum Gasteiger partial charge on any atom is 0.227 e. The van der Waals surface area contributed by atoms with Crippen LogP contribution in [0.5, 0.6) is 0 Å². The number of hydrogen-bond donors (Lipinski definition) is 1. The maximum atomic E-state index is 5.85. The Hall–Kier alpha value is -1.75. The molecule has 1 fully saturated rings. The third-order valence-electron chi connectivity index (χ3n) is 3.99. The predicted molar refractivity (Wildman–Crippen MR) is 71.3 cm³/mol. The van der Waals surface area contributed by atoms with Crippen molar-refractivity contribution in [1.82, 2.24) is 15.1 Å². The second kappa shape index (κ2) is 4.74. The van der Waals surface area contributed by atoms with Crippen LogP contribution in [0.4, 0.5) is 0 Å². The van der Waals surface area contributed by atoms with Crippen LogP contribution in [0.25, 0.3) is 11.5 Å². The van der Waals surface area contributed by atoms with Crippen molar-refractivity contribution in [3.05, 3.63) is 29.8 Å². The first-order valence-electron chi connectivity index (χ1n) is 6.66. The number of aromatic nitrogens is 3. The van der Waals surface area contributed by atoms with E-state index < -0.39 is 0 Å². The summed E-state index contributed by atoms with van der Waals surface area (Å²) in [6.07, 6.45) is 6.10. The van der Waals surface area contributed by atoms with Gasteiger partial charge in [-0.1, -0.05) is 11.6 Å². The van der Waals surface area contributed by atoms with Crippen molar-refractivity contribution >= 4 is 0 Å². The average molecular weight is 258 g/mol. The molecule has 0 amide bonds. The second-order valence-corrected chi connectivity index (χ2v) is 5.46. The fraction of sp³-hybridized carbons (Fsp3) is 0.500. The van der Waals surface area contributed by atoms with Crippen LogP contribution in [0.2, 0.25) is 0 Å². The first kappa shape index (κ1) is 12.3. The molecule has 1 aliphatic carbocycles. The number of nitrogens with two attached hydrogens (primary N) is 1. The van der Waals surface area contributed by atoms with Crippen molar-refractivity contribution in [3.8, 4) is 11.5 Å². The summed E-state index contributed by atoms with van der Waals surface area (Å²) in [6.45, 7) is 2.71. The largest absolute Gasteiger partial charge is 0.339 e. The molecule has 1 aliphatic rings.